The first kappa shape index (κ1) is 33.0. The molecular formula is C55H33NOS2. The molecule has 11 aromatic rings. The van der Waals surface area contributed by atoms with Gasteiger partial charge < -0.3 is 9.64 Å². The van der Waals surface area contributed by atoms with E-state index in [9.17, 15) is 0 Å². The van der Waals surface area contributed by atoms with E-state index in [0.717, 1.165) is 34.1 Å². The van der Waals surface area contributed by atoms with Gasteiger partial charge in [0.25, 0.3) is 0 Å². The number of hydrogen-bond acceptors (Lipinski definition) is 4. The Kier molecular flexibility index (Phi) is 7.00. The summed E-state index contributed by atoms with van der Waals surface area (Å²) in [5.41, 5.74) is 12.7. The number of nitrogens with zero attached hydrogens (tertiary/aromatic N) is 1. The summed E-state index contributed by atoms with van der Waals surface area (Å²) in [7, 11) is 0. The van der Waals surface area contributed by atoms with E-state index in [-0.39, 0.29) is 0 Å². The van der Waals surface area contributed by atoms with Crippen LogP contribution < -0.4 is 9.64 Å². The molecule has 0 N–H and O–H groups in total. The van der Waals surface area contributed by atoms with Crippen LogP contribution in [0, 0.1) is 0 Å². The van der Waals surface area contributed by atoms with Gasteiger partial charge in [0, 0.05) is 74.6 Å². The number of anilines is 3. The summed E-state index contributed by atoms with van der Waals surface area (Å²) in [5, 5.41) is 5.14. The molecule has 1 spiro atoms. The standard InChI is InChI=1S/C55H33NOS2/c1-2-13-34(14-3-1)38-18-12-24-52-54(38)43-31-35(27-30-51(43)58-52)56(37-25-28-42-41-17-6-11-23-50(41)59-53(42)33-37)36-26-29-47-49(32-36)57-48-22-10-9-21-46(48)55(47)44-19-7-4-15-39(44)40-16-5-8-20-45(40)55/h1-33H. The van der Waals surface area contributed by atoms with Crippen molar-refractivity contribution in [3.05, 3.63) is 222 Å². The number of fused-ring (bicyclic) bond motifs is 15. The van der Waals surface area contributed by atoms with Crippen molar-refractivity contribution >= 4 is 80.1 Å². The van der Waals surface area contributed by atoms with Crippen LogP contribution in [-0.4, -0.2) is 0 Å². The zero-order valence-electron chi connectivity index (χ0n) is 31.7. The molecule has 1 aliphatic carbocycles. The van der Waals surface area contributed by atoms with Crippen LogP contribution in [-0.2, 0) is 5.41 Å². The zero-order chi connectivity index (χ0) is 38.7. The van der Waals surface area contributed by atoms with Crippen molar-refractivity contribution in [1.29, 1.82) is 0 Å². The molecule has 3 heterocycles. The zero-order valence-corrected chi connectivity index (χ0v) is 33.4. The van der Waals surface area contributed by atoms with Crippen LogP contribution in [0.4, 0.5) is 17.1 Å². The Labute approximate surface area is 349 Å². The summed E-state index contributed by atoms with van der Waals surface area (Å²) in [6, 6.07) is 73.5. The maximum Gasteiger partial charge on any atom is 0.134 e. The molecule has 2 aliphatic rings. The number of hydrogen-bond donors (Lipinski definition) is 0. The lowest BCUT2D eigenvalue weighted by atomic mass is 9.66. The van der Waals surface area contributed by atoms with Gasteiger partial charge in [0.05, 0.1) is 5.41 Å². The molecule has 0 saturated carbocycles. The highest BCUT2D eigenvalue weighted by molar-refractivity contribution is 7.26. The molecular weight excluding hydrogens is 755 g/mol. The summed E-state index contributed by atoms with van der Waals surface area (Å²) in [4.78, 5) is 2.42. The number of ether oxygens (including phenoxy) is 1. The summed E-state index contributed by atoms with van der Waals surface area (Å²) in [5.74, 6) is 1.76. The van der Waals surface area contributed by atoms with Crippen LogP contribution in [0.5, 0.6) is 11.5 Å². The van der Waals surface area contributed by atoms with E-state index in [1.54, 1.807) is 0 Å². The average molecular weight is 788 g/mol. The first-order valence-electron chi connectivity index (χ1n) is 20.1. The lowest BCUT2D eigenvalue weighted by Gasteiger charge is -2.40. The van der Waals surface area contributed by atoms with E-state index in [2.05, 4.69) is 205 Å². The van der Waals surface area contributed by atoms with E-state index in [1.807, 2.05) is 22.7 Å². The molecule has 2 aromatic heterocycles. The van der Waals surface area contributed by atoms with E-state index in [1.165, 1.54) is 79.3 Å². The molecule has 276 valence electrons. The average Bonchev–Trinajstić information content (AvgIpc) is 3.95. The molecule has 0 radical (unpaired) electrons. The van der Waals surface area contributed by atoms with Crippen molar-refractivity contribution < 1.29 is 4.74 Å². The van der Waals surface area contributed by atoms with Crippen molar-refractivity contribution in [3.63, 3.8) is 0 Å². The van der Waals surface area contributed by atoms with Gasteiger partial charge in [-0.25, -0.2) is 0 Å². The van der Waals surface area contributed by atoms with E-state index >= 15 is 0 Å². The molecule has 13 rings (SSSR count). The Morgan fingerprint density at radius 3 is 1.78 bits per heavy atom. The molecule has 1 aliphatic heterocycles. The van der Waals surface area contributed by atoms with Crippen molar-refractivity contribution in [1.82, 2.24) is 0 Å². The minimum Gasteiger partial charge on any atom is -0.457 e. The Bertz CT molecular complexity index is 3460. The number of thiophene rings is 2. The van der Waals surface area contributed by atoms with Crippen LogP contribution in [0.1, 0.15) is 22.3 Å². The lowest BCUT2D eigenvalue weighted by molar-refractivity contribution is 0.436. The van der Waals surface area contributed by atoms with Gasteiger partial charge in [-0.15, -0.1) is 22.7 Å². The smallest absolute Gasteiger partial charge is 0.134 e. The van der Waals surface area contributed by atoms with Gasteiger partial charge in [0.2, 0.25) is 0 Å². The van der Waals surface area contributed by atoms with Gasteiger partial charge in [-0.1, -0.05) is 140 Å². The molecule has 59 heavy (non-hydrogen) atoms. The Hall–Kier alpha value is -6.98. The molecule has 4 heteroatoms. The summed E-state index contributed by atoms with van der Waals surface area (Å²) in [6.07, 6.45) is 0. The summed E-state index contributed by atoms with van der Waals surface area (Å²) >= 11 is 3.72. The monoisotopic (exact) mass is 787 g/mol. The van der Waals surface area contributed by atoms with Crippen LogP contribution in [0.25, 0.3) is 62.6 Å². The SMILES string of the molecule is c1ccc(-c2cccc3sc4ccc(N(c5ccc6c(c5)Oc5ccccc5C65c6ccccc6-c6ccccc65)c5ccc6c(c5)sc5ccccc56)cc4c23)cc1. The largest absolute Gasteiger partial charge is 0.457 e. The van der Waals surface area contributed by atoms with Crippen molar-refractivity contribution in [2.24, 2.45) is 0 Å². The molecule has 0 bridgehead atoms. The molecule has 0 unspecified atom stereocenters. The highest BCUT2D eigenvalue weighted by atomic mass is 32.1. The highest BCUT2D eigenvalue weighted by Gasteiger charge is 2.51. The number of rotatable bonds is 4. The minimum atomic E-state index is -0.515. The predicted octanol–water partition coefficient (Wildman–Crippen LogP) is 16.0. The van der Waals surface area contributed by atoms with Crippen LogP contribution in [0.3, 0.4) is 0 Å². The second kappa shape index (κ2) is 12.5. The molecule has 0 atom stereocenters. The van der Waals surface area contributed by atoms with Gasteiger partial charge >= 0.3 is 0 Å². The third-order valence-corrected chi connectivity index (χ3v) is 14.8. The molecule has 2 nitrogen and oxygen atoms in total. The normalized spacial score (nSPS) is 13.4. The van der Waals surface area contributed by atoms with Gasteiger partial charge in [-0.2, -0.15) is 0 Å². The molecule has 0 fully saturated rings. The maximum atomic E-state index is 7.02. The van der Waals surface area contributed by atoms with Gasteiger partial charge in [0.15, 0.2) is 0 Å². The fourth-order valence-corrected chi connectivity index (χ4v) is 12.4. The summed E-state index contributed by atoms with van der Waals surface area (Å²) < 4.78 is 12.2. The lowest BCUT2D eigenvalue weighted by Crippen LogP contribution is -2.32. The Balaban J connectivity index is 1.06. The fraction of sp³-hybridized carbons (Fsp3) is 0.0182. The van der Waals surface area contributed by atoms with E-state index < -0.39 is 5.41 Å². The summed E-state index contributed by atoms with van der Waals surface area (Å²) in [6.45, 7) is 0. The second-order valence-corrected chi connectivity index (χ2v) is 17.7. The van der Waals surface area contributed by atoms with Crippen LogP contribution in [0.15, 0.2) is 200 Å². The second-order valence-electron chi connectivity index (χ2n) is 15.6. The van der Waals surface area contributed by atoms with Crippen molar-refractivity contribution in [3.8, 4) is 33.8 Å². The fourth-order valence-electron chi connectivity index (χ4n) is 10.1. The minimum absolute atomic E-state index is 0.515. The Morgan fingerprint density at radius 2 is 0.932 bits per heavy atom. The van der Waals surface area contributed by atoms with Crippen molar-refractivity contribution in [2.45, 2.75) is 5.41 Å². The quantitative estimate of drug-likeness (QED) is 0.176. The highest BCUT2D eigenvalue weighted by Crippen LogP contribution is 2.62. The topological polar surface area (TPSA) is 12.5 Å². The van der Waals surface area contributed by atoms with Crippen molar-refractivity contribution in [2.75, 3.05) is 4.90 Å². The first-order chi connectivity index (χ1) is 29.2. The predicted molar refractivity (Wildman–Crippen MR) is 250 cm³/mol. The number of benzene rings is 9. The Morgan fingerprint density at radius 1 is 0.356 bits per heavy atom. The van der Waals surface area contributed by atoms with Gasteiger partial charge in [0.1, 0.15) is 11.5 Å². The van der Waals surface area contributed by atoms with E-state index in [0.29, 0.717) is 0 Å². The third-order valence-electron chi connectivity index (χ3n) is 12.5. The third kappa shape index (κ3) is 4.67. The maximum absolute atomic E-state index is 7.02. The number of para-hydroxylation sites is 1. The van der Waals surface area contributed by atoms with Crippen LogP contribution >= 0.6 is 22.7 Å². The van der Waals surface area contributed by atoms with Gasteiger partial charge in [-0.3, -0.25) is 0 Å². The molecule has 9 aromatic carbocycles. The molecule has 0 amide bonds. The van der Waals surface area contributed by atoms with E-state index in [4.69, 9.17) is 4.74 Å². The first-order valence-corrected chi connectivity index (χ1v) is 21.7. The van der Waals surface area contributed by atoms with Gasteiger partial charge in [-0.05, 0) is 88.0 Å². The molecule has 0 saturated heterocycles. The van der Waals surface area contributed by atoms with Crippen LogP contribution in [0.2, 0.25) is 0 Å².